The number of hydrogen-bond donors (Lipinski definition) is 0. The first-order valence-electron chi connectivity index (χ1n) is 5.68. The van der Waals surface area contributed by atoms with Crippen LogP contribution >= 0.6 is 0 Å². The largest absolute Gasteiger partial charge is 0.468 e. The van der Waals surface area contributed by atoms with Crippen LogP contribution in [0.25, 0.3) is 0 Å². The molecular formula is C11H20N2O3. The zero-order valence-electron chi connectivity index (χ0n) is 10.2. The Morgan fingerprint density at radius 2 is 1.88 bits per heavy atom. The molecule has 0 unspecified atom stereocenters. The van der Waals surface area contributed by atoms with Gasteiger partial charge in [0.25, 0.3) is 0 Å². The van der Waals surface area contributed by atoms with E-state index < -0.39 is 0 Å². The quantitative estimate of drug-likeness (QED) is 0.679. The van der Waals surface area contributed by atoms with E-state index in [0.29, 0.717) is 0 Å². The van der Waals surface area contributed by atoms with Gasteiger partial charge in [-0.3, -0.25) is 4.79 Å². The van der Waals surface area contributed by atoms with Crippen molar-refractivity contribution in [2.24, 2.45) is 0 Å². The highest BCUT2D eigenvalue weighted by Crippen LogP contribution is 2.12. The highest BCUT2D eigenvalue weighted by atomic mass is 16.5. The summed E-state index contributed by atoms with van der Waals surface area (Å²) in [5, 5.41) is 0. The Labute approximate surface area is 96.3 Å². The van der Waals surface area contributed by atoms with Crippen molar-refractivity contribution >= 4 is 12.0 Å². The summed E-state index contributed by atoms with van der Waals surface area (Å²) >= 11 is 0. The molecule has 0 aromatic heterocycles. The van der Waals surface area contributed by atoms with Crippen molar-refractivity contribution in [1.82, 2.24) is 9.80 Å². The smallest absolute Gasteiger partial charge is 0.325 e. The standard InChI is InChI=1S/C11H20N2O3/c1-9(2)13(8-10(14)16-3)11(15)12-6-4-5-7-12/h9H,4-8H2,1-3H3. The minimum atomic E-state index is -0.374. The van der Waals surface area contributed by atoms with Crippen LogP contribution in [0.4, 0.5) is 4.79 Å². The van der Waals surface area contributed by atoms with E-state index in [2.05, 4.69) is 4.74 Å². The maximum Gasteiger partial charge on any atom is 0.325 e. The number of nitrogens with zero attached hydrogens (tertiary/aromatic N) is 2. The second-order valence-corrected chi connectivity index (χ2v) is 4.27. The van der Waals surface area contributed by atoms with E-state index in [1.165, 1.54) is 7.11 Å². The highest BCUT2D eigenvalue weighted by molar-refractivity contribution is 5.81. The molecule has 1 aliphatic heterocycles. The number of amides is 2. The zero-order valence-corrected chi connectivity index (χ0v) is 10.2. The van der Waals surface area contributed by atoms with Crippen molar-refractivity contribution in [3.8, 4) is 0 Å². The normalized spacial score (nSPS) is 15.4. The van der Waals surface area contributed by atoms with Gasteiger partial charge in [0.05, 0.1) is 7.11 Å². The fourth-order valence-corrected chi connectivity index (χ4v) is 1.76. The molecule has 0 saturated carbocycles. The van der Waals surface area contributed by atoms with Gasteiger partial charge in [-0.15, -0.1) is 0 Å². The summed E-state index contributed by atoms with van der Waals surface area (Å²) < 4.78 is 4.59. The highest BCUT2D eigenvalue weighted by Gasteiger charge is 2.27. The molecule has 1 rings (SSSR count). The minimum Gasteiger partial charge on any atom is -0.468 e. The first-order valence-corrected chi connectivity index (χ1v) is 5.68. The molecule has 1 fully saturated rings. The molecule has 2 amide bonds. The number of esters is 1. The molecule has 1 saturated heterocycles. The van der Waals surface area contributed by atoms with E-state index in [-0.39, 0.29) is 24.6 Å². The average molecular weight is 228 g/mol. The summed E-state index contributed by atoms with van der Waals surface area (Å²) in [5.41, 5.74) is 0. The zero-order chi connectivity index (χ0) is 12.1. The lowest BCUT2D eigenvalue weighted by Gasteiger charge is -2.30. The van der Waals surface area contributed by atoms with Crippen molar-refractivity contribution < 1.29 is 14.3 Å². The lowest BCUT2D eigenvalue weighted by Crippen LogP contribution is -2.47. The van der Waals surface area contributed by atoms with Crippen LogP contribution in [0.15, 0.2) is 0 Å². The molecule has 0 spiro atoms. The van der Waals surface area contributed by atoms with Crippen LogP contribution < -0.4 is 0 Å². The number of carbonyl (C=O) groups excluding carboxylic acids is 2. The molecular weight excluding hydrogens is 208 g/mol. The molecule has 0 radical (unpaired) electrons. The molecule has 1 heterocycles. The maximum absolute atomic E-state index is 12.1. The van der Waals surface area contributed by atoms with Gasteiger partial charge in [0.15, 0.2) is 0 Å². The number of urea groups is 1. The van der Waals surface area contributed by atoms with E-state index >= 15 is 0 Å². The van der Waals surface area contributed by atoms with Gasteiger partial charge in [-0.05, 0) is 26.7 Å². The number of methoxy groups -OCH3 is 1. The van der Waals surface area contributed by atoms with Gasteiger partial charge in [0, 0.05) is 19.1 Å². The second kappa shape index (κ2) is 5.72. The first kappa shape index (κ1) is 12.8. The number of carbonyl (C=O) groups is 2. The Kier molecular flexibility index (Phi) is 4.58. The fraction of sp³-hybridized carbons (Fsp3) is 0.818. The molecule has 0 aliphatic carbocycles. The summed E-state index contributed by atoms with van der Waals surface area (Å²) in [5.74, 6) is -0.374. The van der Waals surface area contributed by atoms with Crippen molar-refractivity contribution in [2.75, 3.05) is 26.7 Å². The lowest BCUT2D eigenvalue weighted by atomic mass is 10.3. The summed E-state index contributed by atoms with van der Waals surface area (Å²) in [7, 11) is 1.33. The predicted octanol–water partition coefficient (Wildman–Crippen LogP) is 1.09. The van der Waals surface area contributed by atoms with Crippen LogP contribution in [0, 0.1) is 0 Å². The number of hydrogen-bond acceptors (Lipinski definition) is 3. The summed E-state index contributed by atoms with van der Waals surface area (Å²) in [6.07, 6.45) is 2.10. The Balaban J connectivity index is 2.61. The van der Waals surface area contributed by atoms with Crippen LogP contribution in [-0.4, -0.2) is 54.6 Å². The first-order chi connectivity index (χ1) is 7.56. The Morgan fingerprint density at radius 3 is 2.31 bits per heavy atom. The molecule has 1 aliphatic rings. The van der Waals surface area contributed by atoms with Crippen molar-refractivity contribution in [3.05, 3.63) is 0 Å². The second-order valence-electron chi connectivity index (χ2n) is 4.27. The molecule has 0 bridgehead atoms. The molecule has 5 heteroatoms. The van der Waals surface area contributed by atoms with Crippen LogP contribution in [0.2, 0.25) is 0 Å². The van der Waals surface area contributed by atoms with E-state index in [9.17, 15) is 9.59 Å². The van der Waals surface area contributed by atoms with Crippen molar-refractivity contribution in [3.63, 3.8) is 0 Å². The van der Waals surface area contributed by atoms with Crippen LogP contribution in [0.3, 0.4) is 0 Å². The average Bonchev–Trinajstić information content (AvgIpc) is 2.77. The SMILES string of the molecule is COC(=O)CN(C(=O)N1CCCC1)C(C)C. The van der Waals surface area contributed by atoms with Gasteiger partial charge < -0.3 is 14.5 Å². The minimum absolute atomic E-state index is 0.00667. The van der Waals surface area contributed by atoms with Gasteiger partial charge in [-0.1, -0.05) is 0 Å². The monoisotopic (exact) mass is 228 g/mol. The van der Waals surface area contributed by atoms with E-state index in [1.54, 1.807) is 9.80 Å². The van der Waals surface area contributed by atoms with Crippen LogP contribution in [0.1, 0.15) is 26.7 Å². The molecule has 5 nitrogen and oxygen atoms in total. The number of likely N-dealkylation sites (tertiary alicyclic amines) is 1. The van der Waals surface area contributed by atoms with E-state index in [1.807, 2.05) is 13.8 Å². The topological polar surface area (TPSA) is 49.9 Å². The fourth-order valence-electron chi connectivity index (χ4n) is 1.76. The third kappa shape index (κ3) is 3.12. The van der Waals surface area contributed by atoms with Gasteiger partial charge in [-0.25, -0.2) is 4.79 Å². The summed E-state index contributed by atoms with van der Waals surface area (Å²) in [6.45, 7) is 5.42. The lowest BCUT2D eigenvalue weighted by molar-refractivity contribution is -0.141. The molecule has 16 heavy (non-hydrogen) atoms. The van der Waals surface area contributed by atoms with Gasteiger partial charge in [0.1, 0.15) is 6.54 Å². The molecule has 0 aromatic carbocycles. The summed E-state index contributed by atoms with van der Waals surface area (Å²) in [4.78, 5) is 26.6. The van der Waals surface area contributed by atoms with Gasteiger partial charge in [0.2, 0.25) is 0 Å². The number of rotatable bonds is 3. The third-order valence-corrected chi connectivity index (χ3v) is 2.77. The Bertz CT molecular complexity index is 260. The Hall–Kier alpha value is -1.26. The maximum atomic E-state index is 12.1. The Morgan fingerprint density at radius 1 is 1.31 bits per heavy atom. The van der Waals surface area contributed by atoms with E-state index in [0.717, 1.165) is 25.9 Å². The number of ether oxygens (including phenoxy) is 1. The molecule has 0 N–H and O–H groups in total. The third-order valence-electron chi connectivity index (χ3n) is 2.77. The van der Waals surface area contributed by atoms with Gasteiger partial charge in [-0.2, -0.15) is 0 Å². The van der Waals surface area contributed by atoms with Gasteiger partial charge >= 0.3 is 12.0 Å². The molecule has 0 atom stereocenters. The van der Waals surface area contributed by atoms with Crippen molar-refractivity contribution in [1.29, 1.82) is 0 Å². The molecule has 92 valence electrons. The molecule has 0 aromatic rings. The van der Waals surface area contributed by atoms with Crippen LogP contribution in [0.5, 0.6) is 0 Å². The van der Waals surface area contributed by atoms with Crippen LogP contribution in [-0.2, 0) is 9.53 Å². The van der Waals surface area contributed by atoms with Crippen molar-refractivity contribution in [2.45, 2.75) is 32.7 Å². The van der Waals surface area contributed by atoms with E-state index in [4.69, 9.17) is 0 Å². The summed E-state index contributed by atoms with van der Waals surface area (Å²) in [6, 6.07) is -0.0508. The predicted molar refractivity (Wildman–Crippen MR) is 60.1 cm³/mol.